The number of aryl methyl sites for hydroxylation is 2. The van der Waals surface area contributed by atoms with E-state index in [9.17, 15) is 4.79 Å². The van der Waals surface area contributed by atoms with Crippen molar-refractivity contribution in [1.29, 1.82) is 0 Å². The average molecular weight is 360 g/mol. The lowest BCUT2D eigenvalue weighted by Gasteiger charge is -2.19. The van der Waals surface area contributed by atoms with Gasteiger partial charge in [-0.1, -0.05) is 23.7 Å². The topological polar surface area (TPSA) is 46.9 Å². The zero-order chi connectivity index (χ0) is 17.1. The number of halogens is 1. The van der Waals surface area contributed by atoms with Gasteiger partial charge in [0.25, 0.3) is 5.91 Å². The van der Waals surface area contributed by atoms with Gasteiger partial charge in [0, 0.05) is 27.7 Å². The van der Waals surface area contributed by atoms with E-state index in [0.29, 0.717) is 17.1 Å². The van der Waals surface area contributed by atoms with Gasteiger partial charge in [0.2, 0.25) is 0 Å². The standard InChI is InChI=1S/C18H18ClN3OS/c1-12-9-13(2)22(21-12)16(17-7-4-8-24-17)11-20-18(23)14-5-3-6-15(19)10-14/h3-10,16H,11H2,1-2H3,(H,20,23). The maximum atomic E-state index is 12.4. The fourth-order valence-corrected chi connectivity index (χ4v) is 3.67. The summed E-state index contributed by atoms with van der Waals surface area (Å²) in [7, 11) is 0. The van der Waals surface area contributed by atoms with Crippen molar-refractivity contribution in [1.82, 2.24) is 15.1 Å². The summed E-state index contributed by atoms with van der Waals surface area (Å²) < 4.78 is 1.97. The van der Waals surface area contributed by atoms with E-state index in [1.807, 2.05) is 36.0 Å². The molecule has 1 unspecified atom stereocenters. The summed E-state index contributed by atoms with van der Waals surface area (Å²) in [5.41, 5.74) is 2.60. The van der Waals surface area contributed by atoms with Crippen molar-refractivity contribution in [2.45, 2.75) is 19.9 Å². The second kappa shape index (κ2) is 7.20. The lowest BCUT2D eigenvalue weighted by atomic mass is 10.2. The van der Waals surface area contributed by atoms with Gasteiger partial charge in [-0.3, -0.25) is 9.48 Å². The average Bonchev–Trinajstić information content (AvgIpc) is 3.18. The van der Waals surface area contributed by atoms with Gasteiger partial charge in [0.15, 0.2) is 0 Å². The van der Waals surface area contributed by atoms with E-state index < -0.39 is 0 Å². The van der Waals surface area contributed by atoms with Crippen molar-refractivity contribution in [3.8, 4) is 0 Å². The zero-order valence-corrected chi connectivity index (χ0v) is 15.1. The van der Waals surface area contributed by atoms with Crippen LogP contribution in [0, 0.1) is 13.8 Å². The normalized spacial score (nSPS) is 12.1. The Hall–Kier alpha value is -2.11. The highest BCUT2D eigenvalue weighted by atomic mass is 35.5. The van der Waals surface area contributed by atoms with Crippen molar-refractivity contribution in [2.75, 3.05) is 6.54 Å². The fraction of sp³-hybridized carbons (Fsp3) is 0.222. The number of rotatable bonds is 5. The molecule has 4 nitrogen and oxygen atoms in total. The Morgan fingerprint density at radius 2 is 2.12 bits per heavy atom. The molecular weight excluding hydrogens is 342 g/mol. The highest BCUT2D eigenvalue weighted by molar-refractivity contribution is 7.10. The molecule has 1 amide bonds. The van der Waals surface area contributed by atoms with Crippen LogP contribution in [0.5, 0.6) is 0 Å². The van der Waals surface area contributed by atoms with Gasteiger partial charge in [-0.2, -0.15) is 5.10 Å². The van der Waals surface area contributed by atoms with Crippen molar-refractivity contribution in [2.24, 2.45) is 0 Å². The van der Waals surface area contributed by atoms with E-state index in [-0.39, 0.29) is 11.9 Å². The van der Waals surface area contributed by atoms with Crippen LogP contribution < -0.4 is 5.32 Å². The third-order valence-corrected chi connectivity index (χ3v) is 4.96. The molecule has 2 heterocycles. The predicted octanol–water partition coefficient (Wildman–Crippen LogP) is 4.23. The van der Waals surface area contributed by atoms with Crippen LogP contribution >= 0.6 is 22.9 Å². The minimum atomic E-state index is -0.138. The summed E-state index contributed by atoms with van der Waals surface area (Å²) in [6, 6.07) is 13.0. The van der Waals surface area contributed by atoms with Crippen molar-refractivity contribution < 1.29 is 4.79 Å². The van der Waals surface area contributed by atoms with Gasteiger partial charge in [-0.15, -0.1) is 11.3 Å². The summed E-state index contributed by atoms with van der Waals surface area (Å²) in [5, 5.41) is 10.2. The molecule has 0 aliphatic rings. The summed E-state index contributed by atoms with van der Waals surface area (Å²) in [6.07, 6.45) is 0. The first-order chi connectivity index (χ1) is 11.5. The number of nitrogens with zero attached hydrogens (tertiary/aromatic N) is 2. The third-order valence-electron chi connectivity index (χ3n) is 3.75. The lowest BCUT2D eigenvalue weighted by Crippen LogP contribution is -2.31. The number of aromatic nitrogens is 2. The number of hydrogen-bond acceptors (Lipinski definition) is 3. The SMILES string of the molecule is Cc1cc(C)n(C(CNC(=O)c2cccc(Cl)c2)c2cccs2)n1. The summed E-state index contributed by atoms with van der Waals surface area (Å²) in [6.45, 7) is 4.47. The second-order valence-corrected chi connectivity index (χ2v) is 7.04. The van der Waals surface area contributed by atoms with E-state index in [1.54, 1.807) is 35.6 Å². The number of carbonyl (C=O) groups is 1. The minimum absolute atomic E-state index is 0.0261. The van der Waals surface area contributed by atoms with Crippen LogP contribution in [0.25, 0.3) is 0 Å². The van der Waals surface area contributed by atoms with Crippen LogP contribution in [-0.2, 0) is 0 Å². The minimum Gasteiger partial charge on any atom is -0.350 e. The van der Waals surface area contributed by atoms with Gasteiger partial charge in [-0.05, 0) is 49.6 Å². The van der Waals surface area contributed by atoms with E-state index in [4.69, 9.17) is 11.6 Å². The highest BCUT2D eigenvalue weighted by Crippen LogP contribution is 2.24. The molecule has 2 aromatic heterocycles. The van der Waals surface area contributed by atoms with Crippen LogP contribution in [0.2, 0.25) is 5.02 Å². The Bertz CT molecular complexity index is 842. The first-order valence-electron chi connectivity index (χ1n) is 7.64. The zero-order valence-electron chi connectivity index (χ0n) is 13.5. The highest BCUT2D eigenvalue weighted by Gasteiger charge is 2.19. The van der Waals surface area contributed by atoms with Gasteiger partial charge < -0.3 is 5.32 Å². The first kappa shape index (κ1) is 16.7. The Labute approximate surface area is 150 Å². The molecule has 0 saturated heterocycles. The molecule has 0 bridgehead atoms. The molecule has 0 fully saturated rings. The lowest BCUT2D eigenvalue weighted by molar-refractivity contribution is 0.0949. The van der Waals surface area contributed by atoms with Gasteiger partial charge in [0.05, 0.1) is 5.69 Å². The summed E-state index contributed by atoms with van der Waals surface area (Å²) in [4.78, 5) is 13.6. The van der Waals surface area contributed by atoms with E-state index in [0.717, 1.165) is 16.3 Å². The largest absolute Gasteiger partial charge is 0.350 e. The fourth-order valence-electron chi connectivity index (χ4n) is 2.67. The van der Waals surface area contributed by atoms with Crippen LogP contribution in [0.4, 0.5) is 0 Å². The summed E-state index contributed by atoms with van der Waals surface area (Å²) >= 11 is 7.62. The molecule has 24 heavy (non-hydrogen) atoms. The van der Waals surface area contributed by atoms with Crippen molar-refractivity contribution in [3.63, 3.8) is 0 Å². The number of nitrogens with one attached hydrogen (secondary N) is 1. The molecule has 0 aliphatic carbocycles. The number of amides is 1. The number of benzene rings is 1. The van der Waals surface area contributed by atoms with Gasteiger partial charge in [-0.25, -0.2) is 0 Å². The molecule has 3 aromatic rings. The summed E-state index contributed by atoms with van der Waals surface area (Å²) in [5.74, 6) is -0.138. The molecule has 0 aliphatic heterocycles. The molecule has 0 saturated carbocycles. The molecule has 124 valence electrons. The maximum absolute atomic E-state index is 12.4. The van der Waals surface area contributed by atoms with Crippen molar-refractivity contribution >= 4 is 28.8 Å². The van der Waals surface area contributed by atoms with E-state index >= 15 is 0 Å². The van der Waals surface area contributed by atoms with Crippen LogP contribution in [0.1, 0.15) is 32.7 Å². The number of hydrogen-bond donors (Lipinski definition) is 1. The van der Waals surface area contributed by atoms with Crippen LogP contribution in [0.15, 0.2) is 47.8 Å². The number of thiophene rings is 1. The Balaban J connectivity index is 1.80. The first-order valence-corrected chi connectivity index (χ1v) is 8.90. The van der Waals surface area contributed by atoms with Gasteiger partial charge >= 0.3 is 0 Å². The molecule has 0 spiro atoms. The van der Waals surface area contributed by atoms with E-state index in [2.05, 4.69) is 16.5 Å². The van der Waals surface area contributed by atoms with Crippen LogP contribution in [-0.4, -0.2) is 22.2 Å². The molecule has 1 aromatic carbocycles. The Morgan fingerprint density at radius 1 is 1.29 bits per heavy atom. The quantitative estimate of drug-likeness (QED) is 0.740. The predicted molar refractivity (Wildman–Crippen MR) is 97.9 cm³/mol. The van der Waals surface area contributed by atoms with Gasteiger partial charge in [0.1, 0.15) is 6.04 Å². The van der Waals surface area contributed by atoms with Crippen molar-refractivity contribution in [3.05, 3.63) is 74.7 Å². The molecule has 1 atom stereocenters. The third kappa shape index (κ3) is 3.68. The molecular formula is C18H18ClN3OS. The van der Waals surface area contributed by atoms with E-state index in [1.165, 1.54) is 0 Å². The second-order valence-electron chi connectivity index (χ2n) is 5.62. The number of carbonyl (C=O) groups excluding carboxylic acids is 1. The molecule has 0 radical (unpaired) electrons. The maximum Gasteiger partial charge on any atom is 0.251 e. The monoisotopic (exact) mass is 359 g/mol. The Kier molecular flexibility index (Phi) is 5.02. The van der Waals surface area contributed by atoms with Crippen LogP contribution in [0.3, 0.4) is 0 Å². The Morgan fingerprint density at radius 3 is 2.75 bits per heavy atom. The molecule has 3 rings (SSSR count). The molecule has 6 heteroatoms. The molecule has 1 N–H and O–H groups in total. The smallest absolute Gasteiger partial charge is 0.251 e.